The Morgan fingerprint density at radius 1 is 1.31 bits per heavy atom. The summed E-state index contributed by atoms with van der Waals surface area (Å²) < 4.78 is 4.93. The minimum Gasteiger partial charge on any atom is -0.465 e. The van der Waals surface area contributed by atoms with Crippen molar-refractivity contribution in [1.29, 1.82) is 0 Å². The number of fused-ring (bicyclic) bond motifs is 1. The van der Waals surface area contributed by atoms with E-state index >= 15 is 0 Å². The Bertz CT molecular complexity index is 1030. The normalized spacial score (nSPS) is 17.4. The highest BCUT2D eigenvalue weighted by Crippen LogP contribution is 2.36. The SMILES string of the molecule is COC(=O)c1sc2nc(CN3CCCCC3C)ccc2c1NC(=O)c1cccs1. The van der Waals surface area contributed by atoms with Crippen LogP contribution in [0.2, 0.25) is 0 Å². The average Bonchev–Trinajstić information content (AvgIpc) is 3.38. The Hall–Kier alpha value is -2.29. The molecule has 1 aliphatic rings. The molecule has 1 atom stereocenters. The summed E-state index contributed by atoms with van der Waals surface area (Å²) in [7, 11) is 1.34. The average molecular weight is 430 g/mol. The van der Waals surface area contributed by atoms with Gasteiger partial charge in [-0.1, -0.05) is 12.5 Å². The van der Waals surface area contributed by atoms with E-state index in [4.69, 9.17) is 9.72 Å². The third-order valence-corrected chi connectivity index (χ3v) is 7.22. The van der Waals surface area contributed by atoms with E-state index in [-0.39, 0.29) is 5.91 Å². The van der Waals surface area contributed by atoms with E-state index in [1.807, 2.05) is 23.6 Å². The second kappa shape index (κ2) is 8.61. The summed E-state index contributed by atoms with van der Waals surface area (Å²) in [6.45, 7) is 4.14. The first-order valence-corrected chi connectivity index (χ1v) is 11.4. The molecular formula is C21H23N3O3S2. The van der Waals surface area contributed by atoms with Crippen molar-refractivity contribution in [2.45, 2.75) is 38.8 Å². The van der Waals surface area contributed by atoms with Gasteiger partial charge in [-0.05, 0) is 49.9 Å². The number of hydrogen-bond acceptors (Lipinski definition) is 7. The smallest absolute Gasteiger partial charge is 0.350 e. The fourth-order valence-electron chi connectivity index (χ4n) is 3.65. The highest BCUT2D eigenvalue weighted by molar-refractivity contribution is 7.21. The van der Waals surface area contributed by atoms with E-state index in [1.54, 1.807) is 6.07 Å². The summed E-state index contributed by atoms with van der Waals surface area (Å²) in [4.78, 5) is 33.8. The van der Waals surface area contributed by atoms with Crippen molar-refractivity contribution in [1.82, 2.24) is 9.88 Å². The van der Waals surface area contributed by atoms with Crippen LogP contribution in [0.3, 0.4) is 0 Å². The fourth-order valence-corrected chi connectivity index (χ4v) is 5.33. The monoisotopic (exact) mass is 429 g/mol. The Labute approximate surface area is 177 Å². The van der Waals surface area contributed by atoms with E-state index in [0.717, 1.165) is 29.0 Å². The highest BCUT2D eigenvalue weighted by Gasteiger charge is 2.24. The van der Waals surface area contributed by atoms with Gasteiger partial charge < -0.3 is 10.1 Å². The Balaban J connectivity index is 1.66. The maximum Gasteiger partial charge on any atom is 0.350 e. The van der Waals surface area contributed by atoms with Crippen LogP contribution in [0.4, 0.5) is 5.69 Å². The lowest BCUT2D eigenvalue weighted by molar-refractivity contribution is 0.0607. The molecule has 4 rings (SSSR count). The van der Waals surface area contributed by atoms with Gasteiger partial charge in [-0.3, -0.25) is 9.69 Å². The van der Waals surface area contributed by atoms with Crippen LogP contribution in [0.15, 0.2) is 29.6 Å². The van der Waals surface area contributed by atoms with Crippen LogP contribution in [0, 0.1) is 0 Å². The number of likely N-dealkylation sites (tertiary alicyclic amines) is 1. The van der Waals surface area contributed by atoms with Gasteiger partial charge in [-0.2, -0.15) is 0 Å². The molecule has 4 heterocycles. The number of aromatic nitrogens is 1. The first-order valence-electron chi connectivity index (χ1n) is 9.66. The van der Waals surface area contributed by atoms with E-state index < -0.39 is 5.97 Å². The summed E-state index contributed by atoms with van der Waals surface area (Å²) in [6, 6.07) is 8.05. The van der Waals surface area contributed by atoms with E-state index in [9.17, 15) is 9.59 Å². The zero-order valence-electron chi connectivity index (χ0n) is 16.4. The highest BCUT2D eigenvalue weighted by atomic mass is 32.1. The zero-order chi connectivity index (χ0) is 20.4. The second-order valence-electron chi connectivity index (χ2n) is 7.20. The molecule has 1 unspecified atom stereocenters. The van der Waals surface area contributed by atoms with Gasteiger partial charge in [-0.15, -0.1) is 22.7 Å². The number of anilines is 1. The molecule has 3 aromatic rings. The van der Waals surface area contributed by atoms with Gasteiger partial charge >= 0.3 is 5.97 Å². The number of hydrogen-bond donors (Lipinski definition) is 1. The number of pyridine rings is 1. The first kappa shape index (κ1) is 20.0. The summed E-state index contributed by atoms with van der Waals surface area (Å²) in [5.74, 6) is -0.711. The molecule has 1 amide bonds. The minimum atomic E-state index is -0.472. The van der Waals surface area contributed by atoms with Crippen molar-refractivity contribution < 1.29 is 14.3 Å². The van der Waals surface area contributed by atoms with Crippen molar-refractivity contribution in [3.05, 3.63) is 45.1 Å². The van der Waals surface area contributed by atoms with E-state index in [1.165, 1.54) is 49.0 Å². The molecule has 0 spiro atoms. The molecule has 3 aromatic heterocycles. The van der Waals surface area contributed by atoms with Gasteiger partial charge in [0.1, 0.15) is 9.71 Å². The summed E-state index contributed by atoms with van der Waals surface area (Å²) >= 11 is 2.61. The van der Waals surface area contributed by atoms with Gasteiger partial charge in [-0.25, -0.2) is 9.78 Å². The first-order chi connectivity index (χ1) is 14.1. The molecule has 1 aliphatic heterocycles. The Kier molecular flexibility index (Phi) is 5.94. The number of amides is 1. The van der Waals surface area contributed by atoms with Crippen LogP contribution in [0.25, 0.3) is 10.2 Å². The lowest BCUT2D eigenvalue weighted by atomic mass is 10.0. The predicted molar refractivity (Wildman–Crippen MR) is 117 cm³/mol. The predicted octanol–water partition coefficient (Wildman–Crippen LogP) is 4.77. The van der Waals surface area contributed by atoms with E-state index in [0.29, 0.717) is 21.5 Å². The Morgan fingerprint density at radius 2 is 2.17 bits per heavy atom. The molecule has 1 N–H and O–H groups in total. The molecule has 6 nitrogen and oxygen atoms in total. The third kappa shape index (κ3) is 4.19. The van der Waals surface area contributed by atoms with Crippen LogP contribution < -0.4 is 5.32 Å². The molecule has 8 heteroatoms. The van der Waals surface area contributed by atoms with Gasteiger partial charge in [0.2, 0.25) is 0 Å². The molecule has 0 radical (unpaired) electrons. The van der Waals surface area contributed by atoms with Gasteiger partial charge in [0.05, 0.1) is 23.4 Å². The number of ether oxygens (including phenoxy) is 1. The van der Waals surface area contributed by atoms with Crippen molar-refractivity contribution >= 4 is 50.5 Å². The molecule has 0 aliphatic carbocycles. The molecule has 1 saturated heterocycles. The van der Waals surface area contributed by atoms with Crippen molar-refractivity contribution in [2.24, 2.45) is 0 Å². The molecule has 0 saturated carbocycles. The fraction of sp³-hybridized carbons (Fsp3) is 0.381. The van der Waals surface area contributed by atoms with E-state index in [2.05, 4.69) is 17.1 Å². The number of nitrogens with one attached hydrogen (secondary N) is 1. The van der Waals surface area contributed by atoms with Crippen LogP contribution in [0.1, 0.15) is 51.2 Å². The molecular weight excluding hydrogens is 406 g/mol. The number of carbonyl (C=O) groups excluding carboxylic acids is 2. The maximum absolute atomic E-state index is 12.6. The standard InChI is InChI=1S/C21H23N3O3S2/c1-13-6-3-4-10-24(13)12-14-8-9-15-17(23-19(25)16-7-5-11-28-16)18(21(26)27-2)29-20(15)22-14/h5,7-9,11,13H,3-4,6,10,12H2,1-2H3,(H,23,25). The summed E-state index contributed by atoms with van der Waals surface area (Å²) in [5.41, 5.74) is 1.45. The third-order valence-electron chi connectivity index (χ3n) is 5.27. The van der Waals surface area contributed by atoms with Gasteiger partial charge in [0, 0.05) is 18.0 Å². The number of esters is 1. The number of nitrogens with zero attached hydrogens (tertiary/aromatic N) is 2. The summed E-state index contributed by atoms with van der Waals surface area (Å²) in [6.07, 6.45) is 3.72. The topological polar surface area (TPSA) is 71.5 Å². The molecule has 0 aromatic carbocycles. The van der Waals surface area contributed by atoms with Gasteiger partial charge in [0.15, 0.2) is 0 Å². The van der Waals surface area contributed by atoms with Gasteiger partial charge in [0.25, 0.3) is 5.91 Å². The van der Waals surface area contributed by atoms with Crippen molar-refractivity contribution in [3.8, 4) is 0 Å². The number of carbonyl (C=O) groups is 2. The lowest BCUT2D eigenvalue weighted by Gasteiger charge is -2.32. The quantitative estimate of drug-likeness (QED) is 0.592. The van der Waals surface area contributed by atoms with Crippen molar-refractivity contribution in [2.75, 3.05) is 19.0 Å². The second-order valence-corrected chi connectivity index (χ2v) is 9.15. The Morgan fingerprint density at radius 3 is 2.90 bits per heavy atom. The molecule has 0 bridgehead atoms. The summed E-state index contributed by atoms with van der Waals surface area (Å²) in [5, 5.41) is 5.49. The lowest BCUT2D eigenvalue weighted by Crippen LogP contribution is -2.36. The van der Waals surface area contributed by atoms with Crippen LogP contribution in [0.5, 0.6) is 0 Å². The number of thiophene rings is 2. The molecule has 1 fully saturated rings. The van der Waals surface area contributed by atoms with Crippen LogP contribution >= 0.6 is 22.7 Å². The van der Waals surface area contributed by atoms with Crippen LogP contribution in [-0.4, -0.2) is 41.5 Å². The number of rotatable bonds is 5. The number of piperidine rings is 1. The molecule has 29 heavy (non-hydrogen) atoms. The molecule has 152 valence electrons. The number of methoxy groups -OCH3 is 1. The minimum absolute atomic E-state index is 0.240. The van der Waals surface area contributed by atoms with Crippen LogP contribution in [-0.2, 0) is 11.3 Å². The maximum atomic E-state index is 12.6. The zero-order valence-corrected chi connectivity index (χ0v) is 18.1. The largest absolute Gasteiger partial charge is 0.465 e. The van der Waals surface area contributed by atoms with Crippen molar-refractivity contribution in [3.63, 3.8) is 0 Å².